The van der Waals surface area contributed by atoms with Crippen LogP contribution in [-0.4, -0.2) is 26.3 Å². The molecule has 0 radical (unpaired) electrons. The van der Waals surface area contributed by atoms with E-state index in [1.165, 1.54) is 17.0 Å². The second kappa shape index (κ2) is 7.31. The van der Waals surface area contributed by atoms with Gasteiger partial charge in [-0.1, -0.05) is 77.3 Å². The number of carbonyl (C=O) groups excluding carboxylic acids is 1. The van der Waals surface area contributed by atoms with Gasteiger partial charge in [0.25, 0.3) is 5.69 Å². The molecule has 2 aromatic carbocycles. The number of rotatable bonds is 4. The SMILES string of the molecule is O=C(O[C@@H](c1ccccc1)C(Cl)(Cl)Cl)N1C[C@H]1c1ccc([N+](=O)[O-])cc1. The van der Waals surface area contributed by atoms with Crippen LogP contribution in [-0.2, 0) is 4.74 Å². The number of nitro groups is 1. The number of alkyl halides is 3. The zero-order chi connectivity index (χ0) is 18.9. The van der Waals surface area contributed by atoms with Gasteiger partial charge in [-0.2, -0.15) is 0 Å². The smallest absolute Gasteiger partial charge is 0.411 e. The van der Waals surface area contributed by atoms with Crippen LogP contribution in [0.2, 0.25) is 0 Å². The fraction of sp³-hybridized carbons (Fsp3) is 0.235. The summed E-state index contributed by atoms with van der Waals surface area (Å²) >= 11 is 17.9. The molecule has 1 aliphatic rings. The third-order valence-electron chi connectivity index (χ3n) is 3.95. The van der Waals surface area contributed by atoms with Gasteiger partial charge in [0.05, 0.1) is 11.0 Å². The summed E-state index contributed by atoms with van der Waals surface area (Å²) in [4.78, 5) is 24.1. The summed E-state index contributed by atoms with van der Waals surface area (Å²) in [6.45, 7) is 0.429. The van der Waals surface area contributed by atoms with Gasteiger partial charge in [-0.25, -0.2) is 4.79 Å². The average molecular weight is 416 g/mol. The summed E-state index contributed by atoms with van der Waals surface area (Å²) in [6.07, 6.45) is -1.67. The van der Waals surface area contributed by atoms with Crippen molar-refractivity contribution in [3.63, 3.8) is 0 Å². The second-order valence-corrected chi connectivity index (χ2v) is 8.10. The van der Waals surface area contributed by atoms with Crippen LogP contribution in [0.5, 0.6) is 0 Å². The van der Waals surface area contributed by atoms with Crippen LogP contribution in [0.3, 0.4) is 0 Å². The van der Waals surface area contributed by atoms with E-state index in [4.69, 9.17) is 39.5 Å². The zero-order valence-electron chi connectivity index (χ0n) is 13.2. The number of carbonyl (C=O) groups is 1. The standard InChI is InChI=1S/C17H13Cl3N2O4/c18-17(19,20)15(12-4-2-1-3-5-12)26-16(23)21-10-14(21)11-6-8-13(9-7-11)22(24)25/h1-9,14-15H,10H2/t14-,15-,21?/m0/s1. The van der Waals surface area contributed by atoms with Crippen LogP contribution in [0, 0.1) is 10.1 Å². The molecule has 136 valence electrons. The molecule has 0 unspecified atom stereocenters. The molecule has 1 fully saturated rings. The van der Waals surface area contributed by atoms with E-state index in [0.717, 1.165) is 5.56 Å². The third kappa shape index (κ3) is 4.20. The Morgan fingerprint density at radius 3 is 2.31 bits per heavy atom. The predicted octanol–water partition coefficient (Wildman–Crippen LogP) is 5.20. The maximum absolute atomic E-state index is 12.4. The van der Waals surface area contributed by atoms with E-state index >= 15 is 0 Å². The van der Waals surface area contributed by atoms with Crippen LogP contribution in [0.25, 0.3) is 0 Å². The first-order valence-electron chi connectivity index (χ1n) is 7.60. The van der Waals surface area contributed by atoms with Crippen molar-refractivity contribution in [3.05, 3.63) is 75.8 Å². The molecule has 0 N–H and O–H groups in total. The molecule has 9 heteroatoms. The first kappa shape index (κ1) is 18.8. The van der Waals surface area contributed by atoms with Crippen molar-refractivity contribution >= 4 is 46.6 Å². The van der Waals surface area contributed by atoms with Gasteiger partial charge in [-0.3, -0.25) is 15.0 Å². The lowest BCUT2D eigenvalue weighted by Crippen LogP contribution is -2.26. The zero-order valence-corrected chi connectivity index (χ0v) is 15.5. The first-order chi connectivity index (χ1) is 12.3. The summed E-state index contributed by atoms with van der Waals surface area (Å²) in [6, 6.07) is 14.5. The number of nitro benzene ring substituents is 1. The molecule has 3 rings (SSSR count). The minimum atomic E-state index is -1.82. The summed E-state index contributed by atoms with van der Waals surface area (Å²) in [7, 11) is 0. The van der Waals surface area contributed by atoms with Gasteiger partial charge in [-0.05, 0) is 11.1 Å². The molecule has 1 heterocycles. The molecule has 6 nitrogen and oxygen atoms in total. The summed E-state index contributed by atoms with van der Waals surface area (Å²) in [5.74, 6) is 0. The molecule has 1 aliphatic heterocycles. The number of benzene rings is 2. The monoisotopic (exact) mass is 414 g/mol. The van der Waals surface area contributed by atoms with Gasteiger partial charge >= 0.3 is 6.09 Å². The lowest BCUT2D eigenvalue weighted by atomic mass is 10.1. The molecular formula is C17H13Cl3N2O4. The van der Waals surface area contributed by atoms with Gasteiger partial charge in [0.2, 0.25) is 3.79 Å². The topological polar surface area (TPSA) is 72.5 Å². The van der Waals surface area contributed by atoms with Gasteiger partial charge < -0.3 is 4.74 Å². The molecule has 0 saturated carbocycles. The molecule has 1 amide bonds. The molecule has 0 bridgehead atoms. The summed E-state index contributed by atoms with van der Waals surface area (Å²) < 4.78 is 3.60. The number of amides is 1. The molecule has 0 aromatic heterocycles. The van der Waals surface area contributed by atoms with Gasteiger partial charge in [0, 0.05) is 18.7 Å². The van der Waals surface area contributed by atoms with E-state index in [-0.39, 0.29) is 11.7 Å². The maximum Gasteiger partial charge on any atom is 0.411 e. The first-order valence-corrected chi connectivity index (χ1v) is 8.74. The normalized spacial score (nSPS) is 17.5. The van der Waals surface area contributed by atoms with Crippen LogP contribution in [0.4, 0.5) is 10.5 Å². The van der Waals surface area contributed by atoms with Crippen LogP contribution in [0.15, 0.2) is 54.6 Å². The number of nitrogens with zero attached hydrogens (tertiary/aromatic N) is 2. The van der Waals surface area contributed by atoms with Crippen molar-refractivity contribution in [2.75, 3.05) is 6.54 Å². The van der Waals surface area contributed by atoms with E-state index in [1.54, 1.807) is 42.5 Å². The Bertz CT molecular complexity index is 809. The van der Waals surface area contributed by atoms with E-state index in [2.05, 4.69) is 0 Å². The van der Waals surface area contributed by atoms with Crippen LogP contribution >= 0.6 is 34.8 Å². The Hall–Kier alpha value is -2.02. The highest BCUT2D eigenvalue weighted by Crippen LogP contribution is 2.44. The molecular weight excluding hydrogens is 403 g/mol. The second-order valence-electron chi connectivity index (χ2n) is 5.73. The molecule has 2 atom stereocenters. The van der Waals surface area contributed by atoms with Gasteiger partial charge in [0.15, 0.2) is 6.10 Å². The van der Waals surface area contributed by atoms with Gasteiger partial charge in [-0.15, -0.1) is 0 Å². The summed E-state index contributed by atoms with van der Waals surface area (Å²) in [5, 5.41) is 10.7. The van der Waals surface area contributed by atoms with E-state index in [0.29, 0.717) is 12.1 Å². The predicted molar refractivity (Wildman–Crippen MR) is 98.5 cm³/mol. The van der Waals surface area contributed by atoms with Crippen LogP contribution in [0.1, 0.15) is 23.3 Å². The van der Waals surface area contributed by atoms with Crippen molar-refractivity contribution in [1.82, 2.24) is 4.90 Å². The number of halogens is 3. The molecule has 1 saturated heterocycles. The lowest BCUT2D eigenvalue weighted by Gasteiger charge is -2.25. The van der Waals surface area contributed by atoms with Crippen molar-refractivity contribution in [1.29, 1.82) is 0 Å². The summed E-state index contributed by atoms with van der Waals surface area (Å²) in [5.41, 5.74) is 1.33. The average Bonchev–Trinajstić information content (AvgIpc) is 3.40. The maximum atomic E-state index is 12.4. The fourth-order valence-corrected chi connectivity index (χ4v) is 3.08. The number of hydrogen-bond acceptors (Lipinski definition) is 4. The Balaban J connectivity index is 1.69. The van der Waals surface area contributed by atoms with E-state index in [1.807, 2.05) is 0 Å². The van der Waals surface area contributed by atoms with Crippen molar-refractivity contribution in [2.24, 2.45) is 0 Å². The number of ether oxygens (including phenoxy) is 1. The quantitative estimate of drug-likeness (QED) is 0.298. The lowest BCUT2D eigenvalue weighted by molar-refractivity contribution is -0.384. The third-order valence-corrected chi connectivity index (χ3v) is 4.55. The highest BCUT2D eigenvalue weighted by molar-refractivity contribution is 6.68. The number of non-ortho nitro benzene ring substituents is 1. The molecule has 26 heavy (non-hydrogen) atoms. The minimum absolute atomic E-state index is 0.0103. The van der Waals surface area contributed by atoms with Gasteiger partial charge in [0.1, 0.15) is 0 Å². The Morgan fingerprint density at radius 1 is 1.15 bits per heavy atom. The minimum Gasteiger partial charge on any atom is -0.437 e. The Labute approximate surface area is 164 Å². The van der Waals surface area contributed by atoms with Crippen LogP contribution < -0.4 is 0 Å². The fourth-order valence-electron chi connectivity index (χ4n) is 2.56. The highest BCUT2D eigenvalue weighted by Gasteiger charge is 2.45. The molecule has 0 spiro atoms. The largest absolute Gasteiger partial charge is 0.437 e. The van der Waals surface area contributed by atoms with Crippen molar-refractivity contribution in [2.45, 2.75) is 15.9 Å². The Kier molecular flexibility index (Phi) is 5.27. The van der Waals surface area contributed by atoms with Crippen molar-refractivity contribution < 1.29 is 14.5 Å². The molecule has 2 aromatic rings. The van der Waals surface area contributed by atoms with Crippen molar-refractivity contribution in [3.8, 4) is 0 Å². The Morgan fingerprint density at radius 2 is 1.77 bits per heavy atom. The van der Waals surface area contributed by atoms with E-state index in [9.17, 15) is 14.9 Å². The number of hydrogen-bond donors (Lipinski definition) is 0. The van der Waals surface area contributed by atoms with E-state index < -0.39 is 20.9 Å². The highest BCUT2D eigenvalue weighted by atomic mass is 35.6. The molecule has 0 aliphatic carbocycles.